The minimum Gasteiger partial charge on any atom is -0.507 e. The minimum atomic E-state index is -0.755. The second kappa shape index (κ2) is 9.38. The molecule has 1 heterocycles. The first-order valence-corrected chi connectivity index (χ1v) is 10.6. The Labute approximate surface area is 196 Å². The number of aliphatic hydroxyl groups is 1. The minimum absolute atomic E-state index is 0.0177. The van der Waals surface area contributed by atoms with Gasteiger partial charge in [0.1, 0.15) is 17.3 Å². The van der Waals surface area contributed by atoms with Crippen LogP contribution in [0.15, 0.2) is 78.4 Å². The molecule has 1 fully saturated rings. The molecule has 3 aromatic carbocycles. The van der Waals surface area contributed by atoms with Crippen LogP contribution in [-0.2, 0) is 16.1 Å². The van der Waals surface area contributed by atoms with Gasteiger partial charge in [-0.3, -0.25) is 9.59 Å². The second-order valence-corrected chi connectivity index (χ2v) is 7.94. The lowest BCUT2D eigenvalue weighted by Gasteiger charge is -2.25. The number of halogens is 1. The molecule has 1 amide bonds. The highest BCUT2D eigenvalue weighted by atomic mass is 35.5. The smallest absolute Gasteiger partial charge is 0.295 e. The number of rotatable bonds is 6. The summed E-state index contributed by atoms with van der Waals surface area (Å²) in [6.45, 7) is 0.189. The van der Waals surface area contributed by atoms with Crippen LogP contribution in [0.3, 0.4) is 0 Å². The zero-order valence-electron chi connectivity index (χ0n) is 18.1. The number of ketones is 1. The van der Waals surface area contributed by atoms with Crippen LogP contribution in [0, 0.1) is 0 Å². The van der Waals surface area contributed by atoms with Crippen LogP contribution in [0.4, 0.5) is 0 Å². The molecule has 1 atom stereocenters. The molecule has 0 aromatic heterocycles. The maximum absolute atomic E-state index is 13.1. The molecule has 6 nitrogen and oxygen atoms in total. The summed E-state index contributed by atoms with van der Waals surface area (Å²) in [6, 6.07) is 20.4. The normalized spacial score (nSPS) is 17.3. The van der Waals surface area contributed by atoms with E-state index >= 15 is 0 Å². The van der Waals surface area contributed by atoms with Crippen molar-refractivity contribution in [1.82, 2.24) is 4.90 Å². The summed E-state index contributed by atoms with van der Waals surface area (Å²) in [4.78, 5) is 27.7. The van der Waals surface area contributed by atoms with Gasteiger partial charge in [0.25, 0.3) is 11.7 Å². The van der Waals surface area contributed by atoms with Gasteiger partial charge < -0.3 is 19.5 Å². The Hall–Kier alpha value is -3.77. The van der Waals surface area contributed by atoms with Gasteiger partial charge in [-0.2, -0.15) is 0 Å². The van der Waals surface area contributed by atoms with Crippen LogP contribution in [0.5, 0.6) is 11.5 Å². The van der Waals surface area contributed by atoms with Gasteiger partial charge in [0.05, 0.1) is 30.9 Å². The van der Waals surface area contributed by atoms with E-state index in [4.69, 9.17) is 21.1 Å². The number of aliphatic hydroxyl groups excluding tert-OH is 1. The van der Waals surface area contributed by atoms with E-state index in [2.05, 4.69) is 0 Å². The van der Waals surface area contributed by atoms with Crippen molar-refractivity contribution in [2.24, 2.45) is 0 Å². The Morgan fingerprint density at radius 2 is 1.67 bits per heavy atom. The summed E-state index contributed by atoms with van der Waals surface area (Å²) in [6.07, 6.45) is 0. The van der Waals surface area contributed by atoms with E-state index in [-0.39, 0.29) is 17.9 Å². The van der Waals surface area contributed by atoms with Gasteiger partial charge in [0.2, 0.25) is 0 Å². The fraction of sp³-hybridized carbons (Fsp3) is 0.154. The molecule has 33 heavy (non-hydrogen) atoms. The summed E-state index contributed by atoms with van der Waals surface area (Å²) in [7, 11) is 3.04. The van der Waals surface area contributed by atoms with E-state index in [1.807, 2.05) is 42.5 Å². The number of nitrogens with zero attached hydrogens (tertiary/aromatic N) is 1. The van der Waals surface area contributed by atoms with Crippen LogP contribution >= 0.6 is 11.6 Å². The van der Waals surface area contributed by atoms with Gasteiger partial charge in [-0.1, -0.05) is 54.1 Å². The molecule has 1 aliphatic heterocycles. The average molecular weight is 464 g/mol. The standard InChI is InChI=1S/C26H22ClNO5/c1-32-19-11-8-16(9-12-19)15-28-23(17-6-4-3-5-7-17)22(25(30)26(28)31)24(29)18-10-13-20(27)21(14-18)33-2/h3-14,23,29H,15H2,1-2H3/b24-22-. The first kappa shape index (κ1) is 22.4. The van der Waals surface area contributed by atoms with Crippen molar-refractivity contribution in [3.63, 3.8) is 0 Å². The molecule has 7 heteroatoms. The summed E-state index contributed by atoms with van der Waals surface area (Å²) in [5.74, 6) is -0.665. The molecule has 1 aliphatic rings. The molecule has 0 saturated carbocycles. The second-order valence-electron chi connectivity index (χ2n) is 7.54. The fourth-order valence-corrected chi connectivity index (χ4v) is 4.11. The molecule has 0 spiro atoms. The Balaban J connectivity index is 1.82. The first-order chi connectivity index (χ1) is 15.9. The van der Waals surface area contributed by atoms with E-state index in [0.717, 1.165) is 5.56 Å². The van der Waals surface area contributed by atoms with E-state index in [9.17, 15) is 14.7 Å². The molecular formula is C26H22ClNO5. The maximum atomic E-state index is 13.1. The van der Waals surface area contributed by atoms with Crippen LogP contribution in [0.1, 0.15) is 22.7 Å². The molecule has 1 unspecified atom stereocenters. The molecule has 0 aliphatic carbocycles. The zero-order chi connectivity index (χ0) is 23.5. The van der Waals surface area contributed by atoms with Gasteiger partial charge in [0, 0.05) is 12.1 Å². The van der Waals surface area contributed by atoms with Crippen molar-refractivity contribution >= 4 is 29.1 Å². The third kappa shape index (κ3) is 4.30. The first-order valence-electron chi connectivity index (χ1n) is 10.2. The van der Waals surface area contributed by atoms with Crippen LogP contribution < -0.4 is 9.47 Å². The van der Waals surface area contributed by atoms with E-state index in [0.29, 0.717) is 27.6 Å². The van der Waals surface area contributed by atoms with Gasteiger partial charge in [-0.25, -0.2) is 0 Å². The molecule has 3 aromatic rings. The lowest BCUT2D eigenvalue weighted by molar-refractivity contribution is -0.140. The Kier molecular flexibility index (Phi) is 6.38. The highest BCUT2D eigenvalue weighted by Gasteiger charge is 2.46. The third-order valence-corrected chi connectivity index (χ3v) is 5.90. The Morgan fingerprint density at radius 3 is 2.30 bits per heavy atom. The summed E-state index contributed by atoms with van der Waals surface area (Å²) in [5, 5.41) is 11.5. The predicted octanol–water partition coefficient (Wildman–Crippen LogP) is 4.98. The molecule has 4 rings (SSSR count). The number of hydrogen-bond donors (Lipinski definition) is 1. The molecule has 1 N–H and O–H groups in total. The number of carbonyl (C=O) groups is 2. The molecule has 0 radical (unpaired) electrons. The van der Waals surface area contributed by atoms with Crippen LogP contribution in [0.2, 0.25) is 5.02 Å². The number of methoxy groups -OCH3 is 2. The van der Waals surface area contributed by atoms with Gasteiger partial charge in [-0.05, 0) is 41.5 Å². The summed E-state index contributed by atoms with van der Waals surface area (Å²) in [5.41, 5.74) is 1.89. The number of Topliss-reactive ketones (excluding diaryl/α,β-unsaturated/α-hetero) is 1. The number of benzene rings is 3. The number of ether oxygens (including phenoxy) is 2. The van der Waals surface area contributed by atoms with Crippen molar-refractivity contribution in [2.45, 2.75) is 12.6 Å². The summed E-state index contributed by atoms with van der Waals surface area (Å²) < 4.78 is 10.4. The van der Waals surface area contributed by atoms with Crippen LogP contribution in [-0.4, -0.2) is 35.9 Å². The lowest BCUT2D eigenvalue weighted by Crippen LogP contribution is -2.29. The molecule has 0 bridgehead atoms. The molecule has 1 saturated heterocycles. The van der Waals surface area contributed by atoms with E-state index in [1.54, 1.807) is 31.4 Å². The lowest BCUT2D eigenvalue weighted by atomic mass is 9.95. The van der Waals surface area contributed by atoms with Gasteiger partial charge in [-0.15, -0.1) is 0 Å². The Bertz CT molecular complexity index is 1220. The highest BCUT2D eigenvalue weighted by molar-refractivity contribution is 6.46. The van der Waals surface area contributed by atoms with Crippen molar-refractivity contribution in [2.75, 3.05) is 14.2 Å². The largest absolute Gasteiger partial charge is 0.507 e. The van der Waals surface area contributed by atoms with Crippen molar-refractivity contribution in [3.8, 4) is 11.5 Å². The monoisotopic (exact) mass is 463 g/mol. The number of amides is 1. The van der Waals surface area contributed by atoms with Crippen LogP contribution in [0.25, 0.3) is 5.76 Å². The predicted molar refractivity (Wildman–Crippen MR) is 125 cm³/mol. The van der Waals surface area contributed by atoms with E-state index in [1.165, 1.54) is 18.1 Å². The fourth-order valence-electron chi connectivity index (χ4n) is 3.92. The van der Waals surface area contributed by atoms with Crippen molar-refractivity contribution < 1.29 is 24.2 Å². The summed E-state index contributed by atoms with van der Waals surface area (Å²) >= 11 is 6.11. The molecular weight excluding hydrogens is 442 g/mol. The Morgan fingerprint density at radius 1 is 0.970 bits per heavy atom. The zero-order valence-corrected chi connectivity index (χ0v) is 18.9. The van der Waals surface area contributed by atoms with Gasteiger partial charge >= 0.3 is 0 Å². The van der Waals surface area contributed by atoms with Crippen molar-refractivity contribution in [3.05, 3.63) is 100 Å². The number of hydrogen-bond acceptors (Lipinski definition) is 5. The molecule has 168 valence electrons. The highest BCUT2D eigenvalue weighted by Crippen LogP contribution is 2.41. The number of carbonyl (C=O) groups excluding carboxylic acids is 2. The topological polar surface area (TPSA) is 76.1 Å². The van der Waals surface area contributed by atoms with Gasteiger partial charge in [0.15, 0.2) is 0 Å². The number of likely N-dealkylation sites (tertiary alicyclic amines) is 1. The average Bonchev–Trinajstić information content (AvgIpc) is 3.10. The maximum Gasteiger partial charge on any atom is 0.295 e. The quantitative estimate of drug-likeness (QED) is 0.317. The van der Waals surface area contributed by atoms with E-state index < -0.39 is 17.7 Å². The SMILES string of the molecule is COc1ccc(CN2C(=O)C(=O)/C(=C(\O)c3ccc(Cl)c(OC)c3)C2c2ccccc2)cc1. The van der Waals surface area contributed by atoms with Crippen molar-refractivity contribution in [1.29, 1.82) is 0 Å². The third-order valence-electron chi connectivity index (χ3n) is 5.59.